The number of nitrogens with one attached hydrogen (secondary N) is 1. The molecule has 0 aliphatic carbocycles. The minimum atomic E-state index is -0.592. The van der Waals surface area contributed by atoms with Crippen molar-refractivity contribution in [2.75, 3.05) is 0 Å². The van der Waals surface area contributed by atoms with Crippen molar-refractivity contribution in [3.63, 3.8) is 0 Å². The predicted octanol–water partition coefficient (Wildman–Crippen LogP) is 3.54. The van der Waals surface area contributed by atoms with Gasteiger partial charge in [0, 0.05) is 10.5 Å². The Morgan fingerprint density at radius 2 is 1.58 bits per heavy atom. The van der Waals surface area contributed by atoms with Crippen LogP contribution >= 0.6 is 11.8 Å². The summed E-state index contributed by atoms with van der Waals surface area (Å²) in [6.07, 6.45) is 0. The van der Waals surface area contributed by atoms with Gasteiger partial charge < -0.3 is 5.73 Å². The quantitative estimate of drug-likeness (QED) is 0.668. The van der Waals surface area contributed by atoms with E-state index in [9.17, 15) is 13.2 Å². The first kappa shape index (κ1) is 13.5. The van der Waals surface area contributed by atoms with Gasteiger partial charge >= 0.3 is 0 Å². The molecule has 0 aliphatic rings. The van der Waals surface area contributed by atoms with Crippen molar-refractivity contribution in [1.29, 1.82) is 5.41 Å². The highest BCUT2D eigenvalue weighted by Gasteiger charge is 2.12. The Bertz CT molecular complexity index is 644. The molecule has 2 aromatic carbocycles. The Balaban J connectivity index is 2.43. The molecule has 3 N–H and O–H groups in total. The number of rotatable bonds is 3. The first-order valence-electron chi connectivity index (χ1n) is 5.24. The van der Waals surface area contributed by atoms with Crippen molar-refractivity contribution in [3.05, 3.63) is 59.4 Å². The van der Waals surface area contributed by atoms with Gasteiger partial charge in [-0.05, 0) is 36.4 Å². The molecular formula is C13H9F3N2S. The molecule has 0 radical (unpaired) electrons. The highest BCUT2D eigenvalue weighted by molar-refractivity contribution is 7.99. The van der Waals surface area contributed by atoms with Crippen LogP contribution < -0.4 is 5.73 Å². The summed E-state index contributed by atoms with van der Waals surface area (Å²) in [6, 6.07) is 6.69. The molecule has 0 spiro atoms. The summed E-state index contributed by atoms with van der Waals surface area (Å²) in [6.45, 7) is 0. The maximum absolute atomic E-state index is 13.5. The number of nitrogens with two attached hydrogens (primary N) is 1. The highest BCUT2D eigenvalue weighted by atomic mass is 32.2. The zero-order valence-electron chi connectivity index (χ0n) is 9.58. The highest BCUT2D eigenvalue weighted by Crippen LogP contribution is 2.32. The van der Waals surface area contributed by atoms with Gasteiger partial charge in [0.2, 0.25) is 0 Å². The molecule has 0 saturated heterocycles. The maximum atomic E-state index is 13.5. The number of halogens is 3. The van der Waals surface area contributed by atoms with Crippen molar-refractivity contribution in [2.45, 2.75) is 9.79 Å². The van der Waals surface area contributed by atoms with Gasteiger partial charge in [-0.3, -0.25) is 5.41 Å². The summed E-state index contributed by atoms with van der Waals surface area (Å²) in [5.74, 6) is -2.05. The summed E-state index contributed by atoms with van der Waals surface area (Å²) >= 11 is 0.890. The number of hydrogen-bond acceptors (Lipinski definition) is 2. The molecule has 0 saturated carbocycles. The van der Waals surface area contributed by atoms with E-state index >= 15 is 0 Å². The van der Waals surface area contributed by atoms with Gasteiger partial charge in [-0.15, -0.1) is 0 Å². The second-order valence-electron chi connectivity index (χ2n) is 3.73. The lowest BCUT2D eigenvalue weighted by Crippen LogP contribution is -2.12. The molecule has 0 unspecified atom stereocenters. The molecule has 0 amide bonds. The normalized spacial score (nSPS) is 10.5. The van der Waals surface area contributed by atoms with E-state index in [1.807, 2.05) is 0 Å². The molecule has 0 bridgehead atoms. The van der Waals surface area contributed by atoms with Crippen molar-refractivity contribution < 1.29 is 13.2 Å². The fourth-order valence-electron chi connectivity index (χ4n) is 1.48. The van der Waals surface area contributed by atoms with Gasteiger partial charge in [0.15, 0.2) is 0 Å². The standard InChI is InChI=1S/C13H9F3N2S/c14-7-2-4-11(9(5-7)13(17)18)19-12-6-8(15)1-3-10(12)16/h1-6H,(H3,17,18). The first-order chi connectivity index (χ1) is 8.97. The smallest absolute Gasteiger partial charge is 0.137 e. The summed E-state index contributed by atoms with van der Waals surface area (Å²) in [4.78, 5) is 0.438. The van der Waals surface area contributed by atoms with E-state index < -0.39 is 17.5 Å². The van der Waals surface area contributed by atoms with Crippen LogP contribution in [0, 0.1) is 22.9 Å². The van der Waals surface area contributed by atoms with Crippen LogP contribution in [0.1, 0.15) is 5.56 Å². The molecular weight excluding hydrogens is 273 g/mol. The lowest BCUT2D eigenvalue weighted by molar-refractivity contribution is 0.577. The summed E-state index contributed by atoms with van der Waals surface area (Å²) in [5.41, 5.74) is 5.49. The number of benzene rings is 2. The van der Waals surface area contributed by atoms with Crippen molar-refractivity contribution in [2.24, 2.45) is 5.73 Å². The zero-order valence-corrected chi connectivity index (χ0v) is 10.4. The molecule has 19 heavy (non-hydrogen) atoms. The second kappa shape index (κ2) is 5.36. The average Bonchev–Trinajstić information content (AvgIpc) is 2.35. The summed E-state index contributed by atoms with van der Waals surface area (Å²) in [7, 11) is 0. The molecule has 0 fully saturated rings. The molecule has 0 aliphatic heterocycles. The van der Waals surface area contributed by atoms with E-state index in [2.05, 4.69) is 0 Å². The Hall–Kier alpha value is -1.95. The van der Waals surface area contributed by atoms with Gasteiger partial charge in [0.1, 0.15) is 23.3 Å². The van der Waals surface area contributed by atoms with Crippen LogP contribution in [0.5, 0.6) is 0 Å². The largest absolute Gasteiger partial charge is 0.384 e. The molecule has 2 rings (SSSR count). The zero-order chi connectivity index (χ0) is 14.0. The van der Waals surface area contributed by atoms with E-state index in [1.165, 1.54) is 12.1 Å². The number of nitrogen functional groups attached to an aromatic ring is 1. The fraction of sp³-hybridized carbons (Fsp3) is 0. The van der Waals surface area contributed by atoms with Crippen molar-refractivity contribution >= 4 is 17.6 Å². The third-order valence-electron chi connectivity index (χ3n) is 2.34. The van der Waals surface area contributed by atoms with E-state index in [1.54, 1.807) is 0 Å². The molecule has 2 nitrogen and oxygen atoms in total. The number of hydrogen-bond donors (Lipinski definition) is 2. The van der Waals surface area contributed by atoms with Crippen molar-refractivity contribution in [1.82, 2.24) is 0 Å². The third-order valence-corrected chi connectivity index (χ3v) is 3.45. The van der Waals surface area contributed by atoms with Gasteiger partial charge in [-0.25, -0.2) is 13.2 Å². The molecule has 2 aromatic rings. The number of amidine groups is 1. The van der Waals surface area contributed by atoms with E-state index in [4.69, 9.17) is 11.1 Å². The third kappa shape index (κ3) is 3.08. The van der Waals surface area contributed by atoms with Crippen molar-refractivity contribution in [3.8, 4) is 0 Å². The van der Waals surface area contributed by atoms with Crippen LogP contribution in [-0.2, 0) is 0 Å². The molecule has 98 valence electrons. The molecule has 0 aromatic heterocycles. The van der Waals surface area contributed by atoms with E-state index in [0.29, 0.717) is 4.90 Å². The van der Waals surface area contributed by atoms with Crippen LogP contribution in [-0.4, -0.2) is 5.84 Å². The summed E-state index contributed by atoms with van der Waals surface area (Å²) < 4.78 is 39.7. The van der Waals surface area contributed by atoms with Crippen LogP contribution in [0.2, 0.25) is 0 Å². The van der Waals surface area contributed by atoms with Crippen LogP contribution in [0.25, 0.3) is 0 Å². The monoisotopic (exact) mass is 282 g/mol. The molecule has 0 atom stereocenters. The Labute approximate surface area is 111 Å². The first-order valence-corrected chi connectivity index (χ1v) is 6.06. The molecule has 0 heterocycles. The summed E-state index contributed by atoms with van der Waals surface area (Å²) in [5, 5.41) is 7.36. The lowest BCUT2D eigenvalue weighted by atomic mass is 10.2. The maximum Gasteiger partial charge on any atom is 0.137 e. The Morgan fingerprint density at radius 1 is 0.947 bits per heavy atom. The lowest BCUT2D eigenvalue weighted by Gasteiger charge is -2.08. The Morgan fingerprint density at radius 3 is 2.26 bits per heavy atom. The molecule has 6 heteroatoms. The fourth-order valence-corrected chi connectivity index (χ4v) is 2.46. The van der Waals surface area contributed by atoms with E-state index in [0.717, 1.165) is 36.0 Å². The van der Waals surface area contributed by atoms with Gasteiger partial charge in [-0.1, -0.05) is 11.8 Å². The van der Waals surface area contributed by atoms with Crippen LogP contribution in [0.15, 0.2) is 46.2 Å². The SMILES string of the molecule is N=C(N)c1cc(F)ccc1Sc1cc(F)ccc1F. The second-order valence-corrected chi connectivity index (χ2v) is 4.81. The van der Waals surface area contributed by atoms with Gasteiger partial charge in [0.05, 0.1) is 4.90 Å². The van der Waals surface area contributed by atoms with Crippen LogP contribution in [0.4, 0.5) is 13.2 Å². The average molecular weight is 282 g/mol. The van der Waals surface area contributed by atoms with Gasteiger partial charge in [0.25, 0.3) is 0 Å². The minimum Gasteiger partial charge on any atom is -0.384 e. The predicted molar refractivity (Wildman–Crippen MR) is 67.9 cm³/mol. The topological polar surface area (TPSA) is 49.9 Å². The minimum absolute atomic E-state index is 0.0501. The van der Waals surface area contributed by atoms with E-state index in [-0.39, 0.29) is 16.3 Å². The van der Waals surface area contributed by atoms with Crippen LogP contribution in [0.3, 0.4) is 0 Å². The Kier molecular flexibility index (Phi) is 3.80. The van der Waals surface area contributed by atoms with Gasteiger partial charge in [-0.2, -0.15) is 0 Å².